The van der Waals surface area contributed by atoms with Crippen molar-refractivity contribution < 1.29 is 9.26 Å². The molecule has 0 amide bonds. The average molecular weight is 359 g/mol. The Morgan fingerprint density at radius 2 is 2.08 bits per heavy atom. The molecule has 1 N–H and O–H groups in total. The number of ether oxygens (including phenoxy) is 1. The van der Waals surface area contributed by atoms with Crippen molar-refractivity contribution in [2.75, 3.05) is 12.4 Å². The number of nitrogens with one attached hydrogen (secondary N) is 1. The van der Waals surface area contributed by atoms with Crippen LogP contribution in [-0.2, 0) is 24.2 Å². The van der Waals surface area contributed by atoms with Crippen LogP contribution in [0.5, 0.6) is 0 Å². The van der Waals surface area contributed by atoms with Gasteiger partial charge in [0.15, 0.2) is 5.82 Å². The van der Waals surface area contributed by atoms with Crippen LogP contribution in [0, 0.1) is 0 Å². The van der Waals surface area contributed by atoms with Gasteiger partial charge in [0.1, 0.15) is 6.61 Å². The third-order valence-electron chi connectivity index (χ3n) is 5.34. The smallest absolute Gasteiger partial charge is 0.321 e. The first kappa shape index (κ1) is 17.2. The predicted molar refractivity (Wildman–Crippen MR) is 95.1 cm³/mol. The van der Waals surface area contributed by atoms with E-state index in [0.717, 1.165) is 56.2 Å². The third-order valence-corrected chi connectivity index (χ3v) is 5.34. The molecule has 8 heteroatoms. The Labute approximate surface area is 151 Å². The summed E-state index contributed by atoms with van der Waals surface area (Å²) in [5.74, 6) is 0.536. The first-order valence-electron chi connectivity index (χ1n) is 9.42. The minimum absolute atomic E-state index is 0.0446. The highest BCUT2D eigenvalue weighted by Gasteiger charge is 2.26. The minimum atomic E-state index is 0.0446. The highest BCUT2D eigenvalue weighted by atomic mass is 16.5. The maximum Gasteiger partial charge on any atom is 0.321 e. The molecule has 0 atom stereocenters. The summed E-state index contributed by atoms with van der Waals surface area (Å²) in [6.07, 6.45) is 8.04. The lowest BCUT2D eigenvalue weighted by atomic mass is 9.91. The van der Waals surface area contributed by atoms with Crippen LogP contribution in [0.4, 0.5) is 6.01 Å². The molecular weight excluding hydrogens is 334 g/mol. The summed E-state index contributed by atoms with van der Waals surface area (Å²) in [6.45, 7) is 0.338. The molecule has 1 fully saturated rings. The Balaban J connectivity index is 1.38. The molecule has 2 aliphatic rings. The lowest BCUT2D eigenvalue weighted by Crippen LogP contribution is -2.34. The van der Waals surface area contributed by atoms with E-state index in [1.54, 1.807) is 11.8 Å². The molecule has 0 aliphatic heterocycles. The molecule has 26 heavy (non-hydrogen) atoms. The third kappa shape index (κ3) is 3.65. The number of anilines is 1. The van der Waals surface area contributed by atoms with Crippen LogP contribution >= 0.6 is 0 Å². The van der Waals surface area contributed by atoms with Crippen LogP contribution in [0.2, 0.25) is 0 Å². The fraction of sp³-hybridized carbons (Fsp3) is 0.667. The Kier molecular flexibility index (Phi) is 5.01. The summed E-state index contributed by atoms with van der Waals surface area (Å²) in [7, 11) is 1.60. The molecule has 0 radical (unpaired) electrons. The molecule has 4 rings (SSSR count). The second-order valence-corrected chi connectivity index (χ2v) is 7.20. The molecule has 8 nitrogen and oxygen atoms in total. The number of nitrogens with zero attached hydrogens (tertiary/aromatic N) is 4. The summed E-state index contributed by atoms with van der Waals surface area (Å²) in [4.78, 5) is 16.7. The molecular formula is C18H25N5O3. The molecule has 0 spiro atoms. The largest absolute Gasteiger partial charge is 0.377 e. The Morgan fingerprint density at radius 1 is 1.27 bits per heavy atom. The van der Waals surface area contributed by atoms with Gasteiger partial charge in [-0.3, -0.25) is 4.79 Å². The summed E-state index contributed by atoms with van der Waals surface area (Å²) in [5.41, 5.74) is 2.31. The zero-order valence-corrected chi connectivity index (χ0v) is 15.1. The quantitative estimate of drug-likeness (QED) is 0.875. The van der Waals surface area contributed by atoms with Crippen molar-refractivity contribution in [2.24, 2.45) is 0 Å². The Bertz CT molecular complexity index is 807. The molecule has 2 aromatic rings. The normalized spacial score (nSPS) is 22.8. The molecule has 2 heterocycles. The SMILES string of the molecule is COCc1noc(NC2CCC(n3nc4c(cc3=O)CCCC4)CC2)n1. The standard InChI is InChI=1S/C18H25N5O3/c1-25-11-16-20-18(26-22-16)19-13-6-8-14(9-7-13)23-17(24)10-12-4-2-3-5-15(12)21-23/h10,13-14H,2-9,11H2,1H3,(H,19,20,22). The van der Waals surface area contributed by atoms with Gasteiger partial charge in [0, 0.05) is 19.2 Å². The maximum absolute atomic E-state index is 12.5. The molecule has 2 aromatic heterocycles. The molecule has 0 unspecified atom stereocenters. The number of aromatic nitrogens is 4. The predicted octanol–water partition coefficient (Wildman–Crippen LogP) is 2.25. The van der Waals surface area contributed by atoms with Gasteiger partial charge >= 0.3 is 6.01 Å². The van der Waals surface area contributed by atoms with Gasteiger partial charge in [0.2, 0.25) is 0 Å². The van der Waals surface area contributed by atoms with Crippen molar-refractivity contribution in [3.05, 3.63) is 33.5 Å². The summed E-state index contributed by atoms with van der Waals surface area (Å²) >= 11 is 0. The van der Waals surface area contributed by atoms with Gasteiger partial charge in [-0.25, -0.2) is 4.68 Å². The maximum atomic E-state index is 12.5. The van der Waals surface area contributed by atoms with E-state index in [1.807, 2.05) is 6.07 Å². The lowest BCUT2D eigenvalue weighted by Gasteiger charge is -2.29. The van der Waals surface area contributed by atoms with Crippen molar-refractivity contribution in [3.63, 3.8) is 0 Å². The number of aryl methyl sites for hydroxylation is 2. The summed E-state index contributed by atoms with van der Waals surface area (Å²) in [5, 5.41) is 11.8. The minimum Gasteiger partial charge on any atom is -0.377 e. The van der Waals surface area contributed by atoms with Crippen LogP contribution in [0.3, 0.4) is 0 Å². The molecule has 1 saturated carbocycles. The average Bonchev–Trinajstić information content (AvgIpc) is 3.09. The van der Waals surface area contributed by atoms with Gasteiger partial charge in [0.05, 0.1) is 11.7 Å². The fourth-order valence-corrected chi connectivity index (χ4v) is 3.98. The number of hydrogen-bond donors (Lipinski definition) is 1. The van der Waals surface area contributed by atoms with Gasteiger partial charge in [-0.05, 0) is 56.9 Å². The van der Waals surface area contributed by atoms with Crippen LogP contribution in [-0.4, -0.2) is 33.1 Å². The highest BCUT2D eigenvalue weighted by Crippen LogP contribution is 2.29. The van der Waals surface area contributed by atoms with Gasteiger partial charge in [0.25, 0.3) is 5.56 Å². The fourth-order valence-electron chi connectivity index (χ4n) is 3.98. The topological polar surface area (TPSA) is 95.1 Å². The van der Waals surface area contributed by atoms with Crippen molar-refractivity contribution in [3.8, 4) is 0 Å². The van der Waals surface area contributed by atoms with E-state index >= 15 is 0 Å². The van der Waals surface area contributed by atoms with Crippen molar-refractivity contribution >= 4 is 6.01 Å². The van der Waals surface area contributed by atoms with E-state index in [9.17, 15) is 4.79 Å². The molecule has 0 saturated heterocycles. The first-order valence-corrected chi connectivity index (χ1v) is 9.42. The van der Waals surface area contributed by atoms with Crippen LogP contribution in [0.25, 0.3) is 0 Å². The van der Waals surface area contributed by atoms with E-state index in [0.29, 0.717) is 18.4 Å². The van der Waals surface area contributed by atoms with Gasteiger partial charge < -0.3 is 14.6 Å². The number of fused-ring (bicyclic) bond motifs is 1. The van der Waals surface area contributed by atoms with Gasteiger partial charge in [-0.15, -0.1) is 0 Å². The number of methoxy groups -OCH3 is 1. The molecule has 140 valence electrons. The van der Waals surface area contributed by atoms with Crippen molar-refractivity contribution in [2.45, 2.75) is 70.1 Å². The Morgan fingerprint density at radius 3 is 2.88 bits per heavy atom. The Hall–Kier alpha value is -2.22. The van der Waals surface area contributed by atoms with Crippen LogP contribution < -0.4 is 10.9 Å². The van der Waals surface area contributed by atoms with E-state index in [2.05, 4.69) is 15.5 Å². The molecule has 0 aromatic carbocycles. The monoisotopic (exact) mass is 359 g/mol. The summed E-state index contributed by atoms with van der Waals surface area (Å²) in [6, 6.07) is 2.70. The zero-order valence-electron chi connectivity index (χ0n) is 15.1. The van der Waals surface area contributed by atoms with E-state index in [-0.39, 0.29) is 17.6 Å². The zero-order chi connectivity index (χ0) is 17.9. The van der Waals surface area contributed by atoms with Gasteiger partial charge in [-0.1, -0.05) is 5.16 Å². The first-order chi connectivity index (χ1) is 12.7. The molecule has 2 aliphatic carbocycles. The van der Waals surface area contributed by atoms with Crippen molar-refractivity contribution in [1.29, 1.82) is 0 Å². The second-order valence-electron chi connectivity index (χ2n) is 7.20. The van der Waals surface area contributed by atoms with Crippen LogP contribution in [0.1, 0.15) is 61.6 Å². The molecule has 0 bridgehead atoms. The number of rotatable bonds is 5. The highest BCUT2D eigenvalue weighted by molar-refractivity contribution is 5.22. The summed E-state index contributed by atoms with van der Waals surface area (Å²) < 4.78 is 11.9. The van der Waals surface area contributed by atoms with E-state index < -0.39 is 0 Å². The second kappa shape index (κ2) is 7.57. The van der Waals surface area contributed by atoms with Gasteiger partial charge in [-0.2, -0.15) is 10.1 Å². The number of hydrogen-bond acceptors (Lipinski definition) is 7. The van der Waals surface area contributed by atoms with E-state index in [4.69, 9.17) is 14.4 Å². The van der Waals surface area contributed by atoms with Crippen LogP contribution in [0.15, 0.2) is 15.4 Å². The van der Waals surface area contributed by atoms with E-state index in [1.165, 1.54) is 6.42 Å². The van der Waals surface area contributed by atoms with Crippen molar-refractivity contribution in [1.82, 2.24) is 19.9 Å². The lowest BCUT2D eigenvalue weighted by molar-refractivity contribution is 0.174.